The monoisotopic (exact) mass is 451 g/mol. The van der Waals surface area contributed by atoms with Crippen molar-refractivity contribution in [1.82, 2.24) is 0 Å². The number of methoxy groups -OCH3 is 2. The summed E-state index contributed by atoms with van der Waals surface area (Å²) in [7, 11) is 2.93. The minimum absolute atomic E-state index is 0.0876. The molecular weight excluding hydrogens is 430 g/mol. The van der Waals surface area contributed by atoms with Crippen molar-refractivity contribution < 1.29 is 29.3 Å². The van der Waals surface area contributed by atoms with Crippen molar-refractivity contribution in [2.75, 3.05) is 19.1 Å². The number of phenolic OH excluding ortho intramolecular Hbond substituents is 1. The molecule has 7 nitrogen and oxygen atoms in total. The van der Waals surface area contributed by atoms with Crippen LogP contribution in [0.5, 0.6) is 17.2 Å². The number of hydrogen-bond donors (Lipinski definition) is 2. The largest absolute Gasteiger partial charge is 0.507 e. The Hall–Kier alpha value is -3.78. The highest BCUT2D eigenvalue weighted by Crippen LogP contribution is 2.47. The summed E-state index contributed by atoms with van der Waals surface area (Å²) in [5, 5.41) is 23.6. The molecule has 32 heavy (non-hydrogen) atoms. The number of para-hydroxylation sites is 2. The second kappa shape index (κ2) is 8.39. The zero-order valence-electron chi connectivity index (χ0n) is 17.7. The molecule has 164 valence electrons. The van der Waals surface area contributed by atoms with Gasteiger partial charge in [-0.2, -0.15) is 0 Å². The number of aryl methyl sites for hydroxylation is 1. The lowest BCUT2D eigenvalue weighted by Crippen LogP contribution is -2.29. The number of aliphatic hydroxyl groups is 1. The Morgan fingerprint density at radius 1 is 1.06 bits per heavy atom. The molecule has 1 amide bonds. The summed E-state index contributed by atoms with van der Waals surface area (Å²) in [6.07, 6.45) is 0. The maximum Gasteiger partial charge on any atom is 0.300 e. The molecule has 1 fully saturated rings. The van der Waals surface area contributed by atoms with Crippen molar-refractivity contribution >= 4 is 34.5 Å². The number of ketones is 1. The second-order valence-corrected chi connectivity index (χ2v) is 8.14. The number of aliphatic hydroxyl groups excluding tert-OH is 1. The zero-order chi connectivity index (χ0) is 23.0. The molecule has 1 unspecified atom stereocenters. The van der Waals surface area contributed by atoms with E-state index in [-0.39, 0.29) is 28.3 Å². The molecule has 0 aliphatic carbocycles. The number of benzene rings is 2. The first kappa shape index (κ1) is 21.5. The van der Waals surface area contributed by atoms with Gasteiger partial charge in [-0.15, -0.1) is 11.3 Å². The highest BCUT2D eigenvalue weighted by atomic mass is 32.1. The number of anilines is 1. The molecule has 1 aromatic heterocycles. The summed E-state index contributed by atoms with van der Waals surface area (Å²) >= 11 is 1.36. The Balaban J connectivity index is 2.01. The summed E-state index contributed by atoms with van der Waals surface area (Å²) < 4.78 is 10.6. The van der Waals surface area contributed by atoms with Crippen molar-refractivity contribution in [2.24, 2.45) is 0 Å². The molecule has 0 bridgehead atoms. The maximum atomic E-state index is 13.2. The molecule has 1 aliphatic heterocycles. The molecule has 0 spiro atoms. The van der Waals surface area contributed by atoms with Gasteiger partial charge in [0.2, 0.25) is 0 Å². The lowest BCUT2D eigenvalue weighted by Gasteiger charge is -2.25. The molecule has 2 aromatic carbocycles. The molecule has 3 aromatic rings. The van der Waals surface area contributed by atoms with Crippen LogP contribution >= 0.6 is 11.3 Å². The molecule has 1 atom stereocenters. The van der Waals surface area contributed by atoms with Gasteiger partial charge in [-0.25, -0.2) is 0 Å². The number of aromatic hydroxyl groups is 1. The zero-order valence-corrected chi connectivity index (χ0v) is 18.5. The third-order valence-electron chi connectivity index (χ3n) is 5.40. The van der Waals surface area contributed by atoms with E-state index in [4.69, 9.17) is 9.47 Å². The lowest BCUT2D eigenvalue weighted by atomic mass is 9.97. The normalized spacial score (nSPS) is 17.6. The molecule has 1 saturated heterocycles. The van der Waals surface area contributed by atoms with Crippen LogP contribution < -0.4 is 14.4 Å². The van der Waals surface area contributed by atoms with Gasteiger partial charge >= 0.3 is 0 Å². The van der Waals surface area contributed by atoms with Gasteiger partial charge in [0.05, 0.1) is 31.0 Å². The number of phenols is 1. The number of hydrogen-bond acceptors (Lipinski definition) is 7. The molecule has 4 rings (SSSR count). The average Bonchev–Trinajstić information content (AvgIpc) is 3.33. The second-order valence-electron chi connectivity index (χ2n) is 7.19. The molecule has 1 aliphatic rings. The van der Waals surface area contributed by atoms with Gasteiger partial charge in [-0.3, -0.25) is 14.5 Å². The third kappa shape index (κ3) is 3.38. The summed E-state index contributed by atoms with van der Waals surface area (Å²) in [6, 6.07) is 12.1. The van der Waals surface area contributed by atoms with Gasteiger partial charge in [0, 0.05) is 4.88 Å². The van der Waals surface area contributed by atoms with Crippen LogP contribution in [0.4, 0.5) is 5.69 Å². The smallest absolute Gasteiger partial charge is 0.300 e. The highest BCUT2D eigenvalue weighted by Gasteiger charge is 2.48. The summed E-state index contributed by atoms with van der Waals surface area (Å²) in [5.41, 5.74) is 1.17. The molecule has 2 heterocycles. The van der Waals surface area contributed by atoms with Crippen LogP contribution in [0.15, 0.2) is 59.5 Å². The number of thiophene rings is 1. The maximum absolute atomic E-state index is 13.2. The van der Waals surface area contributed by atoms with Crippen LogP contribution in [0.25, 0.3) is 5.76 Å². The predicted molar refractivity (Wildman–Crippen MR) is 121 cm³/mol. The minimum Gasteiger partial charge on any atom is -0.507 e. The van der Waals surface area contributed by atoms with Crippen LogP contribution in [-0.4, -0.2) is 36.1 Å². The quantitative estimate of drug-likeness (QED) is 0.339. The topological polar surface area (TPSA) is 96.3 Å². The summed E-state index contributed by atoms with van der Waals surface area (Å²) in [4.78, 5) is 28.3. The molecular formula is C24H21NO6S. The summed E-state index contributed by atoms with van der Waals surface area (Å²) in [5.74, 6) is -1.45. The standard InChI is InChI=1S/C24H21NO6S/c1-13-10-11-32-23(13)20-19(21(27)15-12-14(30-2)8-9-18(15)31-3)22(28)24(29)25(20)16-6-4-5-7-17(16)26/h4-12,20,26-27H,1-3H3/b21-19+. The van der Waals surface area contributed by atoms with Gasteiger partial charge in [-0.05, 0) is 54.3 Å². The minimum atomic E-state index is -0.917. The van der Waals surface area contributed by atoms with E-state index < -0.39 is 17.7 Å². The Morgan fingerprint density at radius 2 is 1.81 bits per heavy atom. The number of amides is 1. The Morgan fingerprint density at radius 3 is 2.44 bits per heavy atom. The van der Waals surface area contributed by atoms with Gasteiger partial charge in [0.1, 0.15) is 29.0 Å². The van der Waals surface area contributed by atoms with Crippen LogP contribution in [0.2, 0.25) is 0 Å². The van der Waals surface area contributed by atoms with Gasteiger partial charge in [0.25, 0.3) is 11.7 Å². The number of carbonyl (C=O) groups is 2. The number of ether oxygens (including phenoxy) is 2. The number of nitrogens with zero attached hydrogens (tertiary/aromatic N) is 1. The molecule has 0 radical (unpaired) electrons. The Kier molecular flexibility index (Phi) is 5.63. The fourth-order valence-corrected chi connectivity index (χ4v) is 4.83. The first-order valence-corrected chi connectivity index (χ1v) is 10.6. The van der Waals surface area contributed by atoms with E-state index >= 15 is 0 Å². The van der Waals surface area contributed by atoms with E-state index in [2.05, 4.69) is 0 Å². The third-order valence-corrected chi connectivity index (χ3v) is 6.47. The first-order chi connectivity index (χ1) is 15.4. The van der Waals surface area contributed by atoms with Gasteiger partial charge < -0.3 is 19.7 Å². The van der Waals surface area contributed by atoms with Crippen molar-refractivity contribution in [3.8, 4) is 17.2 Å². The van der Waals surface area contributed by atoms with Crippen molar-refractivity contribution in [2.45, 2.75) is 13.0 Å². The summed E-state index contributed by atoms with van der Waals surface area (Å²) in [6.45, 7) is 1.86. The van der Waals surface area contributed by atoms with E-state index in [0.717, 1.165) is 5.56 Å². The SMILES string of the molecule is COc1ccc(OC)c(/C(O)=C2\C(=O)C(=O)N(c3ccccc3O)C2c2sccc2C)c1. The van der Waals surface area contributed by atoms with E-state index in [1.54, 1.807) is 36.4 Å². The predicted octanol–water partition coefficient (Wildman–Crippen LogP) is 4.41. The Labute approximate surface area is 188 Å². The van der Waals surface area contributed by atoms with Gasteiger partial charge in [0.15, 0.2) is 0 Å². The van der Waals surface area contributed by atoms with Crippen LogP contribution in [-0.2, 0) is 9.59 Å². The van der Waals surface area contributed by atoms with Crippen LogP contribution in [0.1, 0.15) is 22.0 Å². The number of Topliss-reactive ketones (excluding diaryl/α,β-unsaturated/α-hetero) is 1. The van der Waals surface area contributed by atoms with E-state index in [0.29, 0.717) is 16.4 Å². The lowest BCUT2D eigenvalue weighted by molar-refractivity contribution is -0.132. The van der Waals surface area contributed by atoms with E-state index in [9.17, 15) is 19.8 Å². The number of carbonyl (C=O) groups excluding carboxylic acids is 2. The fraction of sp³-hybridized carbons (Fsp3) is 0.167. The molecule has 2 N–H and O–H groups in total. The van der Waals surface area contributed by atoms with Crippen LogP contribution in [0, 0.1) is 6.92 Å². The Bertz CT molecular complexity index is 1240. The molecule has 0 saturated carbocycles. The highest BCUT2D eigenvalue weighted by molar-refractivity contribution is 7.10. The number of rotatable bonds is 5. The van der Waals surface area contributed by atoms with Gasteiger partial charge in [-0.1, -0.05) is 12.1 Å². The van der Waals surface area contributed by atoms with E-state index in [1.165, 1.54) is 36.5 Å². The van der Waals surface area contributed by atoms with Crippen molar-refractivity contribution in [1.29, 1.82) is 0 Å². The van der Waals surface area contributed by atoms with Crippen molar-refractivity contribution in [3.63, 3.8) is 0 Å². The molecule has 8 heteroatoms. The van der Waals surface area contributed by atoms with E-state index in [1.807, 2.05) is 18.4 Å². The van der Waals surface area contributed by atoms with Crippen molar-refractivity contribution in [3.05, 3.63) is 75.5 Å². The fourth-order valence-electron chi connectivity index (χ4n) is 3.81. The van der Waals surface area contributed by atoms with Crippen LogP contribution in [0.3, 0.4) is 0 Å². The first-order valence-electron chi connectivity index (χ1n) is 9.74. The average molecular weight is 452 g/mol.